The fourth-order valence-corrected chi connectivity index (χ4v) is 0. The molecule has 0 aliphatic carbocycles. The number of rotatable bonds is 0. The first-order valence-electron chi connectivity index (χ1n) is 0. The second kappa shape index (κ2) is 48.9. The molecule has 1 N–H and O–H groups in total. The summed E-state index contributed by atoms with van der Waals surface area (Å²) < 4.78 is 0. The molecule has 0 aromatic heterocycles. The first kappa shape index (κ1) is 86.2. The van der Waals surface area contributed by atoms with E-state index in [-0.39, 0.29) is 65.4 Å². The van der Waals surface area contributed by atoms with E-state index >= 15 is 0 Å². The Bertz CT molecular complexity index is 6.85. The minimum atomic E-state index is 0. The molecule has 2 radical (unpaired) electrons. The minimum absolute atomic E-state index is 0. The van der Waals surface area contributed by atoms with Crippen molar-refractivity contribution in [1.82, 2.24) is 0 Å². The smallest absolute Gasteiger partial charge is 2.00 e. The quantitative estimate of drug-likeness (QED) is 0.539. The van der Waals surface area contributed by atoms with Gasteiger partial charge in [-0.3, -0.25) is 0 Å². The van der Waals surface area contributed by atoms with Crippen LogP contribution in [0.3, 0.4) is 0 Å². The zero-order valence-corrected chi connectivity index (χ0v) is 7.71. The Balaban J connectivity index is 0. The van der Waals surface area contributed by atoms with Crippen molar-refractivity contribution in [2.45, 2.75) is 0 Å². The minimum Gasteiger partial charge on any atom is -2.00 e. The van der Waals surface area contributed by atoms with E-state index in [2.05, 4.69) is 0 Å². The van der Waals surface area contributed by atoms with Crippen LogP contribution in [0.4, 0.5) is 0 Å². The Morgan fingerprint density at radius 2 is 0.800 bits per heavy atom. The average molecular weight is 304 g/mol. The molecule has 0 atom stereocenters. The molecule has 0 aromatic rings. The van der Waals surface area contributed by atoms with Crippen molar-refractivity contribution < 1.29 is 38.1 Å². The topological polar surface area (TPSA) is 87.0 Å². The molecule has 0 heterocycles. The van der Waals surface area contributed by atoms with Crippen molar-refractivity contribution in [2.24, 2.45) is 0 Å². The van der Waals surface area contributed by atoms with Crippen molar-refractivity contribution >= 4 is 27.3 Å². The molecule has 0 saturated carbocycles. The average Bonchev–Trinajstić information content (AvgIpc) is 0. The summed E-state index contributed by atoms with van der Waals surface area (Å²) in [6, 6.07) is 0. The predicted molar refractivity (Wildman–Crippen MR) is 9.06 cm³/mol. The molecular formula is HO3PbTi-3. The summed E-state index contributed by atoms with van der Waals surface area (Å²) in [5.74, 6) is 0. The maximum absolute atomic E-state index is 0. The summed E-state index contributed by atoms with van der Waals surface area (Å²) in [6.07, 6.45) is 0. The van der Waals surface area contributed by atoms with Gasteiger partial charge in [0, 0.05) is 21.7 Å². The van der Waals surface area contributed by atoms with Crippen LogP contribution in [0.1, 0.15) is 0 Å². The van der Waals surface area contributed by atoms with Crippen LogP contribution >= 0.6 is 0 Å². The standard InChI is InChI=1S/H2O.2O.Pb.Ti/h1H2;;;;/q;2*-2;+2;/p-1. The van der Waals surface area contributed by atoms with Gasteiger partial charge in [-0.05, 0) is 0 Å². The van der Waals surface area contributed by atoms with Crippen LogP contribution in [0, 0.1) is 0 Å². The van der Waals surface area contributed by atoms with Crippen molar-refractivity contribution in [3.05, 3.63) is 0 Å². The molecule has 5 heavy (non-hydrogen) atoms. The van der Waals surface area contributed by atoms with Gasteiger partial charge in [-0.2, -0.15) is 0 Å². The van der Waals surface area contributed by atoms with Crippen molar-refractivity contribution in [1.29, 1.82) is 0 Å². The Kier molecular flexibility index (Phi) is 844. The van der Waals surface area contributed by atoms with Crippen LogP contribution in [0.25, 0.3) is 0 Å². The fraction of sp³-hybridized carbons (Fsp3) is 0. The second-order valence-electron chi connectivity index (χ2n) is 0. The molecule has 0 amide bonds. The van der Waals surface area contributed by atoms with Crippen LogP contribution in [-0.4, -0.2) is 32.8 Å². The Hall–Kier alpha value is 1.52. The van der Waals surface area contributed by atoms with E-state index in [0.717, 1.165) is 0 Å². The van der Waals surface area contributed by atoms with E-state index in [1.54, 1.807) is 0 Å². The second-order valence-corrected chi connectivity index (χ2v) is 0. The van der Waals surface area contributed by atoms with Crippen LogP contribution in [0.15, 0.2) is 0 Å². The molecule has 0 spiro atoms. The van der Waals surface area contributed by atoms with Gasteiger partial charge in [0.25, 0.3) is 0 Å². The van der Waals surface area contributed by atoms with Crippen LogP contribution < -0.4 is 0 Å². The number of hydrogen-bond donors (Lipinski definition) is 0. The van der Waals surface area contributed by atoms with E-state index in [4.69, 9.17) is 0 Å². The van der Waals surface area contributed by atoms with Crippen molar-refractivity contribution in [3.8, 4) is 0 Å². The van der Waals surface area contributed by atoms with Crippen molar-refractivity contribution in [2.75, 3.05) is 0 Å². The van der Waals surface area contributed by atoms with Crippen LogP contribution in [-0.2, 0) is 32.7 Å². The van der Waals surface area contributed by atoms with E-state index in [1.807, 2.05) is 0 Å². The molecule has 5 heteroatoms. The molecule has 0 rings (SSSR count). The van der Waals surface area contributed by atoms with Gasteiger partial charge in [-0.25, -0.2) is 0 Å². The maximum atomic E-state index is 0. The predicted octanol–water partition coefficient (Wildman–Crippen LogP) is -0.798. The first-order valence-corrected chi connectivity index (χ1v) is 0. The van der Waals surface area contributed by atoms with Gasteiger partial charge in [0.05, 0.1) is 0 Å². The normalized spacial score (nSPS) is 0. The van der Waals surface area contributed by atoms with Gasteiger partial charge in [0.1, 0.15) is 0 Å². The summed E-state index contributed by atoms with van der Waals surface area (Å²) in [5.41, 5.74) is 0. The molecule has 0 aromatic carbocycles. The molecule has 0 bridgehead atoms. The molecule has 0 aliphatic heterocycles. The largest absolute Gasteiger partial charge is 2.00 e. The third kappa shape index (κ3) is 29.7. The van der Waals surface area contributed by atoms with Gasteiger partial charge in [-0.15, -0.1) is 0 Å². The first-order chi connectivity index (χ1) is 0. The molecule has 0 saturated heterocycles. The fourth-order valence-electron chi connectivity index (χ4n) is 0. The summed E-state index contributed by atoms with van der Waals surface area (Å²) >= 11 is 0. The molecule has 0 fully saturated rings. The van der Waals surface area contributed by atoms with E-state index < -0.39 is 0 Å². The Labute approximate surface area is 65.1 Å². The summed E-state index contributed by atoms with van der Waals surface area (Å²) in [5, 5.41) is 0. The van der Waals surface area contributed by atoms with E-state index in [1.165, 1.54) is 0 Å². The monoisotopic (exact) mass is 305 g/mol. The van der Waals surface area contributed by atoms with Gasteiger partial charge in [-0.1, -0.05) is 0 Å². The van der Waals surface area contributed by atoms with Gasteiger partial charge < -0.3 is 16.4 Å². The molecule has 0 unspecified atom stereocenters. The summed E-state index contributed by atoms with van der Waals surface area (Å²) in [4.78, 5) is 0. The van der Waals surface area contributed by atoms with E-state index in [9.17, 15) is 0 Å². The maximum Gasteiger partial charge on any atom is 2.00 e. The third-order valence-corrected chi connectivity index (χ3v) is 0. The molecular weight excluding hydrogens is 303 g/mol. The molecule has 0 aliphatic rings. The Morgan fingerprint density at radius 1 is 0.800 bits per heavy atom. The van der Waals surface area contributed by atoms with Crippen molar-refractivity contribution in [3.63, 3.8) is 0 Å². The van der Waals surface area contributed by atoms with Gasteiger partial charge in [0.2, 0.25) is 0 Å². The van der Waals surface area contributed by atoms with Gasteiger partial charge in [0.15, 0.2) is 0 Å². The number of hydrogen-bond acceptors (Lipinski definition) is 1. The summed E-state index contributed by atoms with van der Waals surface area (Å²) in [6.45, 7) is 0. The third-order valence-electron chi connectivity index (χ3n) is 0. The zero-order valence-electron chi connectivity index (χ0n) is 2.26. The van der Waals surface area contributed by atoms with Gasteiger partial charge >= 0.3 is 27.3 Å². The summed E-state index contributed by atoms with van der Waals surface area (Å²) in [7, 11) is 0. The molecule has 30 valence electrons. The Morgan fingerprint density at radius 3 is 0.800 bits per heavy atom. The van der Waals surface area contributed by atoms with Crippen LogP contribution in [0.5, 0.6) is 0 Å². The van der Waals surface area contributed by atoms with Crippen LogP contribution in [0.2, 0.25) is 0 Å². The molecule has 3 nitrogen and oxygen atoms in total. The SMILES string of the molecule is [O-2].[O-2].[OH-].[Pb+2].[Ti]. The zero-order chi connectivity index (χ0) is 0. The van der Waals surface area contributed by atoms with E-state index in [0.29, 0.717) is 0 Å².